The summed E-state index contributed by atoms with van der Waals surface area (Å²) in [5.41, 5.74) is 2.92. The van der Waals surface area contributed by atoms with E-state index in [1.807, 2.05) is 23.1 Å². The maximum absolute atomic E-state index is 13.3. The highest BCUT2D eigenvalue weighted by atomic mass is 19.4. The van der Waals surface area contributed by atoms with E-state index >= 15 is 0 Å². The number of nitrogens with one attached hydrogen (secondary N) is 1. The molecule has 1 N–H and O–H groups in total. The molecule has 0 atom stereocenters. The first-order chi connectivity index (χ1) is 13.4. The number of benzene rings is 2. The van der Waals surface area contributed by atoms with Crippen molar-refractivity contribution in [3.8, 4) is 0 Å². The van der Waals surface area contributed by atoms with E-state index in [4.69, 9.17) is 0 Å². The number of aromatic nitrogens is 2. The van der Waals surface area contributed by atoms with Crippen molar-refractivity contribution in [1.29, 1.82) is 0 Å². The fraction of sp³-hybridized carbons (Fsp3) is 0.333. The van der Waals surface area contributed by atoms with Crippen LogP contribution in [0.3, 0.4) is 0 Å². The van der Waals surface area contributed by atoms with Gasteiger partial charge >= 0.3 is 6.18 Å². The summed E-state index contributed by atoms with van der Waals surface area (Å²) in [6, 6.07) is 15.2. The van der Waals surface area contributed by atoms with Gasteiger partial charge in [-0.05, 0) is 24.6 Å². The molecule has 4 rings (SSSR count). The predicted molar refractivity (Wildman–Crippen MR) is 102 cm³/mol. The highest BCUT2D eigenvalue weighted by Crippen LogP contribution is 2.31. The summed E-state index contributed by atoms with van der Waals surface area (Å²) in [5.74, 6) is -0.691. The molecule has 146 valence electrons. The van der Waals surface area contributed by atoms with E-state index in [2.05, 4.69) is 29.0 Å². The first-order valence-electron chi connectivity index (χ1n) is 9.39. The number of aryl methyl sites for hydroxylation is 1. The number of nitrogens with zero attached hydrogens (tertiary/aromatic N) is 3. The van der Waals surface area contributed by atoms with Crippen LogP contribution in [0.15, 0.2) is 48.5 Å². The second-order valence-electron chi connectivity index (χ2n) is 7.23. The minimum atomic E-state index is -4.56. The van der Waals surface area contributed by atoms with Gasteiger partial charge in [-0.1, -0.05) is 36.4 Å². The molecule has 1 aromatic heterocycles. The summed E-state index contributed by atoms with van der Waals surface area (Å²) in [6.07, 6.45) is -4.56. The highest BCUT2D eigenvalue weighted by Gasteiger charge is 2.36. The summed E-state index contributed by atoms with van der Waals surface area (Å²) in [5, 5.41) is 0.665. The van der Waals surface area contributed by atoms with Gasteiger partial charge in [-0.3, -0.25) is 0 Å². The fourth-order valence-corrected chi connectivity index (χ4v) is 3.72. The quantitative estimate of drug-likeness (QED) is 0.750. The highest BCUT2D eigenvalue weighted by molar-refractivity contribution is 5.89. The van der Waals surface area contributed by atoms with Gasteiger partial charge in [0.05, 0.1) is 31.7 Å². The summed E-state index contributed by atoms with van der Waals surface area (Å²) in [4.78, 5) is 11.0. The molecular weight excluding hydrogens is 365 g/mol. The molecule has 3 aromatic rings. The van der Waals surface area contributed by atoms with Gasteiger partial charge in [-0.15, -0.1) is 0 Å². The van der Waals surface area contributed by atoms with E-state index in [0.29, 0.717) is 29.8 Å². The van der Waals surface area contributed by atoms with E-state index in [1.165, 1.54) is 16.0 Å². The zero-order chi connectivity index (χ0) is 19.7. The molecule has 28 heavy (non-hydrogen) atoms. The van der Waals surface area contributed by atoms with Crippen molar-refractivity contribution in [1.82, 2.24) is 9.97 Å². The summed E-state index contributed by atoms with van der Waals surface area (Å²) >= 11 is 0. The Morgan fingerprint density at radius 1 is 0.964 bits per heavy atom. The molecule has 0 radical (unpaired) electrons. The average molecular weight is 387 g/mol. The molecular formula is C21H22F3N4+. The normalized spacial score (nSPS) is 15.9. The Labute approximate surface area is 161 Å². The topological polar surface area (TPSA) is 33.5 Å². The van der Waals surface area contributed by atoms with E-state index in [9.17, 15) is 13.2 Å². The molecule has 1 aliphatic rings. The third-order valence-corrected chi connectivity index (χ3v) is 5.31. The lowest BCUT2D eigenvalue weighted by Gasteiger charge is -2.33. The maximum atomic E-state index is 13.3. The Hall–Kier alpha value is -2.67. The second kappa shape index (κ2) is 7.39. The maximum Gasteiger partial charge on any atom is 0.451 e. The molecule has 2 aromatic carbocycles. The van der Waals surface area contributed by atoms with Crippen LogP contribution in [0.1, 0.15) is 17.0 Å². The number of anilines is 1. The minimum absolute atomic E-state index is 0.328. The van der Waals surface area contributed by atoms with E-state index in [-0.39, 0.29) is 0 Å². The number of hydrogen-bond donors (Lipinski definition) is 1. The number of hydrogen-bond acceptors (Lipinski definition) is 3. The van der Waals surface area contributed by atoms with Crippen LogP contribution in [-0.2, 0) is 12.7 Å². The lowest BCUT2D eigenvalue weighted by molar-refractivity contribution is -0.914. The summed E-state index contributed by atoms with van der Waals surface area (Å²) in [7, 11) is 0. The lowest BCUT2D eigenvalue weighted by Crippen LogP contribution is -3.13. The molecule has 7 heteroatoms. The Kier molecular flexibility index (Phi) is 4.93. The smallest absolute Gasteiger partial charge is 0.345 e. The molecule has 0 unspecified atom stereocenters. The minimum Gasteiger partial charge on any atom is -0.345 e. The molecule has 0 bridgehead atoms. The molecule has 1 saturated heterocycles. The van der Waals surface area contributed by atoms with Crippen molar-refractivity contribution in [2.45, 2.75) is 19.6 Å². The molecule has 4 nitrogen and oxygen atoms in total. The zero-order valence-electron chi connectivity index (χ0n) is 15.6. The molecule has 0 saturated carbocycles. The van der Waals surface area contributed by atoms with Gasteiger partial charge in [-0.25, -0.2) is 9.97 Å². The van der Waals surface area contributed by atoms with Crippen molar-refractivity contribution in [2.24, 2.45) is 0 Å². The Balaban J connectivity index is 1.56. The zero-order valence-corrected chi connectivity index (χ0v) is 15.6. The van der Waals surface area contributed by atoms with Gasteiger partial charge < -0.3 is 9.80 Å². The van der Waals surface area contributed by atoms with Crippen LogP contribution >= 0.6 is 0 Å². The van der Waals surface area contributed by atoms with E-state index < -0.39 is 12.0 Å². The number of fused-ring (bicyclic) bond motifs is 1. The number of piperazine rings is 1. The van der Waals surface area contributed by atoms with Gasteiger partial charge in [-0.2, -0.15) is 13.2 Å². The number of alkyl halides is 3. The van der Waals surface area contributed by atoms with Gasteiger partial charge in [0.2, 0.25) is 5.82 Å². The Bertz CT molecular complexity index is 979. The average Bonchev–Trinajstić information content (AvgIpc) is 2.69. The van der Waals surface area contributed by atoms with Crippen LogP contribution in [0.4, 0.5) is 19.0 Å². The van der Waals surface area contributed by atoms with Crippen LogP contribution in [0.25, 0.3) is 10.9 Å². The number of halogens is 3. The van der Waals surface area contributed by atoms with Gasteiger partial charge in [0.1, 0.15) is 12.4 Å². The third kappa shape index (κ3) is 3.80. The Morgan fingerprint density at radius 2 is 1.64 bits per heavy atom. The van der Waals surface area contributed by atoms with Crippen LogP contribution in [0.5, 0.6) is 0 Å². The number of para-hydroxylation sites is 1. The summed E-state index contributed by atoms with van der Waals surface area (Å²) in [6.45, 7) is 6.08. The first kappa shape index (κ1) is 18.7. The molecule has 0 amide bonds. The van der Waals surface area contributed by atoms with Crippen LogP contribution in [0.2, 0.25) is 0 Å². The van der Waals surface area contributed by atoms with E-state index in [0.717, 1.165) is 19.6 Å². The van der Waals surface area contributed by atoms with Crippen molar-refractivity contribution < 1.29 is 18.1 Å². The standard InChI is InChI=1S/C21H21F3N4/c1-15-6-2-3-7-16(15)14-27-10-12-28(13-11-27)19-17-8-4-5-9-18(17)25-20(26-19)21(22,23)24/h2-9H,10-14H2,1H3/p+1. The molecule has 0 aliphatic carbocycles. The fourth-order valence-electron chi connectivity index (χ4n) is 3.72. The predicted octanol–water partition coefficient (Wildman–Crippen LogP) is 2.86. The van der Waals surface area contributed by atoms with Crippen LogP contribution in [-0.4, -0.2) is 36.1 Å². The molecule has 0 spiro atoms. The number of rotatable bonds is 3. The largest absolute Gasteiger partial charge is 0.451 e. The van der Waals surface area contributed by atoms with Crippen molar-refractivity contribution >= 4 is 16.7 Å². The van der Waals surface area contributed by atoms with Crippen molar-refractivity contribution in [3.63, 3.8) is 0 Å². The molecule has 2 heterocycles. The van der Waals surface area contributed by atoms with Gasteiger partial charge in [0.25, 0.3) is 0 Å². The second-order valence-corrected chi connectivity index (χ2v) is 7.23. The number of quaternary nitrogens is 1. The van der Waals surface area contributed by atoms with Crippen LogP contribution in [0, 0.1) is 6.92 Å². The Morgan fingerprint density at radius 3 is 2.36 bits per heavy atom. The van der Waals surface area contributed by atoms with Crippen molar-refractivity contribution in [3.05, 3.63) is 65.5 Å². The lowest BCUT2D eigenvalue weighted by atomic mass is 10.1. The first-order valence-corrected chi connectivity index (χ1v) is 9.39. The van der Waals surface area contributed by atoms with Gasteiger partial charge in [0.15, 0.2) is 0 Å². The van der Waals surface area contributed by atoms with Gasteiger partial charge in [0, 0.05) is 10.9 Å². The van der Waals surface area contributed by atoms with Crippen LogP contribution < -0.4 is 9.80 Å². The third-order valence-electron chi connectivity index (χ3n) is 5.31. The van der Waals surface area contributed by atoms with E-state index in [1.54, 1.807) is 18.2 Å². The van der Waals surface area contributed by atoms with Crippen molar-refractivity contribution in [2.75, 3.05) is 31.1 Å². The molecule has 1 fully saturated rings. The summed E-state index contributed by atoms with van der Waals surface area (Å²) < 4.78 is 39.8. The monoisotopic (exact) mass is 387 g/mol. The molecule has 1 aliphatic heterocycles. The SMILES string of the molecule is Cc1ccccc1C[NH+]1CCN(c2nc(C(F)(F)F)nc3ccccc23)CC1.